The molecule has 2 aromatic rings. The number of rotatable bonds is 6. The van der Waals surface area contributed by atoms with Crippen molar-refractivity contribution >= 4 is 23.2 Å². The number of aromatic hydroxyl groups is 1. The normalized spacial score (nSPS) is 10.8. The van der Waals surface area contributed by atoms with Crippen molar-refractivity contribution in [3.05, 3.63) is 39.3 Å². The fraction of sp³-hybridized carbons (Fsp3) is 0.308. The summed E-state index contributed by atoms with van der Waals surface area (Å²) >= 11 is 5.82. The molecule has 0 fully saturated rings. The molecule has 2 heterocycles. The van der Waals surface area contributed by atoms with Crippen LogP contribution >= 0.6 is 11.6 Å². The SMILES string of the molecule is O=C(NCCNCCO)c1c(O)nc2ccc(Cl)cn2c1=O. The van der Waals surface area contributed by atoms with Crippen LogP contribution in [0.4, 0.5) is 0 Å². The zero-order valence-corrected chi connectivity index (χ0v) is 12.3. The predicted octanol–water partition coefficient (Wildman–Crippen LogP) is -0.635. The van der Waals surface area contributed by atoms with Gasteiger partial charge in [0.25, 0.3) is 11.5 Å². The molecule has 0 aliphatic carbocycles. The molecule has 0 radical (unpaired) electrons. The second-order valence-corrected chi connectivity index (χ2v) is 4.86. The number of nitrogens with one attached hydrogen (secondary N) is 2. The van der Waals surface area contributed by atoms with Gasteiger partial charge in [-0.15, -0.1) is 0 Å². The standard InChI is InChI=1S/C13H15ClN4O4/c14-8-1-2-9-17-12(21)10(13(22)18(9)7-8)11(20)16-4-3-15-5-6-19/h1-2,7,15,19,21H,3-6H2,(H,16,20). The highest BCUT2D eigenvalue weighted by Gasteiger charge is 2.19. The Balaban J connectivity index is 2.23. The largest absolute Gasteiger partial charge is 0.493 e. The lowest BCUT2D eigenvalue weighted by molar-refractivity contribution is 0.0948. The van der Waals surface area contributed by atoms with Gasteiger partial charge >= 0.3 is 0 Å². The van der Waals surface area contributed by atoms with Crippen LogP contribution in [0, 0.1) is 0 Å². The van der Waals surface area contributed by atoms with Crippen molar-refractivity contribution in [2.75, 3.05) is 26.2 Å². The van der Waals surface area contributed by atoms with Gasteiger partial charge in [0.2, 0.25) is 5.88 Å². The summed E-state index contributed by atoms with van der Waals surface area (Å²) in [6.45, 7) is 1.04. The first-order chi connectivity index (χ1) is 10.5. The van der Waals surface area contributed by atoms with Crippen molar-refractivity contribution in [1.82, 2.24) is 20.0 Å². The Morgan fingerprint density at radius 2 is 2.09 bits per heavy atom. The van der Waals surface area contributed by atoms with Crippen LogP contribution < -0.4 is 16.2 Å². The molecule has 0 saturated carbocycles. The van der Waals surface area contributed by atoms with Crippen LogP contribution in [-0.4, -0.2) is 51.7 Å². The molecule has 118 valence electrons. The first-order valence-corrected chi connectivity index (χ1v) is 6.93. The molecular weight excluding hydrogens is 312 g/mol. The van der Waals surface area contributed by atoms with E-state index >= 15 is 0 Å². The quantitative estimate of drug-likeness (QED) is 0.525. The van der Waals surface area contributed by atoms with E-state index in [1.807, 2.05) is 0 Å². The highest BCUT2D eigenvalue weighted by molar-refractivity contribution is 6.30. The Labute approximate surface area is 130 Å². The average molecular weight is 327 g/mol. The van der Waals surface area contributed by atoms with Crippen molar-refractivity contribution in [2.45, 2.75) is 0 Å². The van der Waals surface area contributed by atoms with Crippen molar-refractivity contribution in [3.63, 3.8) is 0 Å². The average Bonchev–Trinajstić information content (AvgIpc) is 2.48. The van der Waals surface area contributed by atoms with Crippen LogP contribution in [0.15, 0.2) is 23.1 Å². The van der Waals surface area contributed by atoms with Gasteiger partial charge < -0.3 is 20.8 Å². The predicted molar refractivity (Wildman–Crippen MR) is 80.4 cm³/mol. The number of hydrogen-bond donors (Lipinski definition) is 4. The molecular formula is C13H15ClN4O4. The third-order valence-corrected chi connectivity index (χ3v) is 3.09. The van der Waals surface area contributed by atoms with E-state index in [1.54, 1.807) is 0 Å². The second-order valence-electron chi connectivity index (χ2n) is 4.42. The number of pyridine rings is 1. The number of aliphatic hydroxyl groups is 1. The fourth-order valence-corrected chi connectivity index (χ4v) is 2.02. The van der Waals surface area contributed by atoms with Crippen molar-refractivity contribution in [3.8, 4) is 5.88 Å². The zero-order chi connectivity index (χ0) is 16.1. The van der Waals surface area contributed by atoms with Crippen LogP contribution in [0.2, 0.25) is 5.02 Å². The number of aliphatic hydroxyl groups excluding tert-OH is 1. The lowest BCUT2D eigenvalue weighted by Crippen LogP contribution is -2.36. The Morgan fingerprint density at radius 1 is 1.32 bits per heavy atom. The van der Waals surface area contributed by atoms with Crippen LogP contribution in [0.5, 0.6) is 5.88 Å². The number of fused-ring (bicyclic) bond motifs is 1. The smallest absolute Gasteiger partial charge is 0.274 e. The van der Waals surface area contributed by atoms with Crippen molar-refractivity contribution in [2.24, 2.45) is 0 Å². The molecule has 2 aromatic heterocycles. The summed E-state index contributed by atoms with van der Waals surface area (Å²) in [5.41, 5.74) is -0.958. The topological polar surface area (TPSA) is 116 Å². The summed E-state index contributed by atoms with van der Waals surface area (Å²) in [5.74, 6) is -1.36. The summed E-state index contributed by atoms with van der Waals surface area (Å²) in [6.07, 6.45) is 1.32. The Bertz CT molecular complexity index is 747. The van der Waals surface area contributed by atoms with E-state index in [1.165, 1.54) is 18.3 Å². The third-order valence-electron chi connectivity index (χ3n) is 2.87. The zero-order valence-electron chi connectivity index (χ0n) is 11.5. The molecule has 2 rings (SSSR count). The number of hydrogen-bond acceptors (Lipinski definition) is 6. The van der Waals surface area contributed by atoms with Gasteiger partial charge in [-0.3, -0.25) is 14.0 Å². The van der Waals surface area contributed by atoms with Gasteiger partial charge in [-0.05, 0) is 12.1 Å². The maximum Gasteiger partial charge on any atom is 0.274 e. The lowest BCUT2D eigenvalue weighted by Gasteiger charge is -2.08. The van der Waals surface area contributed by atoms with Gasteiger partial charge in [0, 0.05) is 25.8 Å². The number of amides is 1. The molecule has 0 spiro atoms. The molecule has 4 N–H and O–H groups in total. The maximum absolute atomic E-state index is 12.3. The molecule has 0 saturated heterocycles. The third kappa shape index (κ3) is 3.53. The summed E-state index contributed by atoms with van der Waals surface area (Å²) in [6, 6.07) is 2.99. The summed E-state index contributed by atoms with van der Waals surface area (Å²) < 4.78 is 1.10. The molecule has 9 heteroatoms. The van der Waals surface area contributed by atoms with E-state index in [9.17, 15) is 14.7 Å². The van der Waals surface area contributed by atoms with Gasteiger partial charge in [0.15, 0.2) is 5.56 Å². The van der Waals surface area contributed by atoms with E-state index in [0.29, 0.717) is 18.1 Å². The van der Waals surface area contributed by atoms with Gasteiger partial charge in [-0.2, -0.15) is 4.98 Å². The minimum absolute atomic E-state index is 0.00850. The Kier molecular flexibility index (Phi) is 5.31. The molecule has 0 bridgehead atoms. The number of halogens is 1. The molecule has 1 amide bonds. The van der Waals surface area contributed by atoms with E-state index in [0.717, 1.165) is 4.40 Å². The number of nitrogens with zero attached hydrogens (tertiary/aromatic N) is 2. The van der Waals surface area contributed by atoms with E-state index in [4.69, 9.17) is 16.7 Å². The molecule has 0 unspecified atom stereocenters. The van der Waals surface area contributed by atoms with Crippen molar-refractivity contribution < 1.29 is 15.0 Å². The maximum atomic E-state index is 12.3. The monoisotopic (exact) mass is 326 g/mol. The van der Waals surface area contributed by atoms with Crippen LogP contribution in [0.1, 0.15) is 10.4 Å². The van der Waals surface area contributed by atoms with Crippen LogP contribution in [0.3, 0.4) is 0 Å². The molecule has 0 atom stereocenters. The lowest BCUT2D eigenvalue weighted by atomic mass is 10.3. The van der Waals surface area contributed by atoms with E-state index < -0.39 is 22.9 Å². The number of carbonyl (C=O) groups is 1. The second kappa shape index (κ2) is 7.21. The Hall–Kier alpha value is -2.16. The fourth-order valence-electron chi connectivity index (χ4n) is 1.86. The molecule has 0 aliphatic rings. The summed E-state index contributed by atoms with van der Waals surface area (Å²) in [5, 5.41) is 24.1. The Morgan fingerprint density at radius 3 is 2.82 bits per heavy atom. The summed E-state index contributed by atoms with van der Waals surface area (Å²) in [7, 11) is 0. The van der Waals surface area contributed by atoms with Gasteiger partial charge in [-0.25, -0.2) is 0 Å². The van der Waals surface area contributed by atoms with Gasteiger partial charge in [-0.1, -0.05) is 11.6 Å². The molecule has 8 nitrogen and oxygen atoms in total. The number of carbonyl (C=O) groups excluding carboxylic acids is 1. The highest BCUT2D eigenvalue weighted by Crippen LogP contribution is 2.13. The van der Waals surface area contributed by atoms with Crippen LogP contribution in [0.25, 0.3) is 5.65 Å². The first kappa shape index (κ1) is 16.2. The minimum atomic E-state index is -0.727. The van der Waals surface area contributed by atoms with E-state index in [-0.39, 0.29) is 18.8 Å². The first-order valence-electron chi connectivity index (χ1n) is 6.55. The molecule has 0 aliphatic heterocycles. The van der Waals surface area contributed by atoms with Gasteiger partial charge in [0.05, 0.1) is 11.6 Å². The van der Waals surface area contributed by atoms with E-state index in [2.05, 4.69) is 15.6 Å². The highest BCUT2D eigenvalue weighted by atomic mass is 35.5. The molecule has 0 aromatic carbocycles. The summed E-state index contributed by atoms with van der Waals surface area (Å²) in [4.78, 5) is 28.1. The van der Waals surface area contributed by atoms with Crippen LogP contribution in [-0.2, 0) is 0 Å². The molecule has 22 heavy (non-hydrogen) atoms. The van der Waals surface area contributed by atoms with Gasteiger partial charge in [0.1, 0.15) is 5.65 Å². The van der Waals surface area contributed by atoms with Crippen molar-refractivity contribution in [1.29, 1.82) is 0 Å². The minimum Gasteiger partial charge on any atom is -0.493 e. The number of aromatic nitrogens is 2.